The topological polar surface area (TPSA) is 15.7 Å². The fourth-order valence-corrected chi connectivity index (χ4v) is 10.6. The fourth-order valence-electron chi connectivity index (χ4n) is 7.08. The van der Waals surface area contributed by atoms with E-state index in [1.165, 1.54) is 151 Å². The largest absolute Gasteiger partial charge is 0.341 e. The number of nitrogens with zero attached hydrogens (tertiary/aromatic N) is 2. The highest BCUT2D eigenvalue weighted by atomic mass is 79.9. The molecule has 0 amide bonds. The fraction of sp³-hybridized carbons (Fsp3) is 0.707. The third-order valence-corrected chi connectivity index (χ3v) is 12.2. The van der Waals surface area contributed by atoms with Gasteiger partial charge in [-0.3, -0.25) is 0 Å². The first-order valence-electron chi connectivity index (χ1n) is 19.5. The van der Waals surface area contributed by atoms with Gasteiger partial charge in [-0.2, -0.15) is 0 Å². The molecule has 0 unspecified atom stereocenters. The van der Waals surface area contributed by atoms with E-state index < -0.39 is 0 Å². The average molecular weight is 921 g/mol. The van der Waals surface area contributed by atoms with Gasteiger partial charge in [0.2, 0.25) is 6.35 Å². The number of benzene rings is 2. The van der Waals surface area contributed by atoms with Crippen molar-refractivity contribution in [1.29, 1.82) is 0 Å². The third-order valence-electron chi connectivity index (χ3n) is 9.80. The second-order valence-electron chi connectivity index (χ2n) is 13.8. The maximum Gasteiger partial charge on any atom is 0.210 e. The molecule has 1 saturated heterocycles. The first kappa shape index (κ1) is 42.3. The maximum absolute atomic E-state index is 6.46. The van der Waals surface area contributed by atoms with Gasteiger partial charge in [-0.05, 0) is 132 Å². The van der Waals surface area contributed by atoms with Gasteiger partial charge in [0.05, 0.1) is 11.4 Å². The summed E-state index contributed by atoms with van der Waals surface area (Å²) in [6, 6.07) is 9.31. The summed E-state index contributed by atoms with van der Waals surface area (Å²) in [6.45, 7) is 9.10. The van der Waals surface area contributed by atoms with Crippen molar-refractivity contribution in [2.75, 3.05) is 29.5 Å². The van der Waals surface area contributed by atoms with Gasteiger partial charge >= 0.3 is 0 Å². The standard InChI is InChI=1S/C41H64Br4N2O/c1-4-7-9-11-13-15-17-19-21-23-25-33-29-35(42)39(36(43)30-33)46-27-28-47(41(46)48-6-3)40-37(44)31-34(32-38(40)45)26-24-22-20-18-16-14-12-10-8-5-2/h29-32,41H,4-28H2,1-3H3. The lowest BCUT2D eigenvalue weighted by Gasteiger charge is -2.34. The molecular formula is C41H64Br4N2O. The highest BCUT2D eigenvalue weighted by Gasteiger charge is 2.37. The molecule has 7 heteroatoms. The Morgan fingerprint density at radius 3 is 1.06 bits per heavy atom. The zero-order valence-electron chi connectivity index (χ0n) is 30.4. The lowest BCUT2D eigenvalue weighted by molar-refractivity contribution is 0.0726. The summed E-state index contributed by atoms with van der Waals surface area (Å²) in [5.41, 5.74) is 5.13. The first-order chi connectivity index (χ1) is 23.4. The van der Waals surface area contributed by atoms with E-state index in [4.69, 9.17) is 4.74 Å². The van der Waals surface area contributed by atoms with Crippen molar-refractivity contribution in [1.82, 2.24) is 0 Å². The Morgan fingerprint density at radius 1 is 0.479 bits per heavy atom. The van der Waals surface area contributed by atoms with Gasteiger partial charge in [0.25, 0.3) is 0 Å². The molecular weight excluding hydrogens is 856 g/mol. The zero-order chi connectivity index (χ0) is 34.6. The number of rotatable bonds is 26. The van der Waals surface area contributed by atoms with E-state index in [1.54, 1.807) is 0 Å². The predicted molar refractivity (Wildman–Crippen MR) is 225 cm³/mol. The lowest BCUT2D eigenvalue weighted by Crippen LogP contribution is -2.42. The van der Waals surface area contributed by atoms with Crippen LogP contribution in [0, 0.1) is 0 Å². The minimum absolute atomic E-state index is 0.184. The van der Waals surface area contributed by atoms with Crippen LogP contribution in [0.1, 0.15) is 160 Å². The van der Waals surface area contributed by atoms with Gasteiger partial charge in [0.15, 0.2) is 0 Å². The van der Waals surface area contributed by atoms with Crippen molar-refractivity contribution in [3.63, 3.8) is 0 Å². The van der Waals surface area contributed by atoms with Crippen molar-refractivity contribution in [3.8, 4) is 0 Å². The number of aryl methyl sites for hydroxylation is 2. The lowest BCUT2D eigenvalue weighted by atomic mass is 10.0. The molecule has 3 nitrogen and oxygen atoms in total. The minimum atomic E-state index is -0.184. The van der Waals surface area contributed by atoms with Crippen LogP contribution in [0.2, 0.25) is 0 Å². The summed E-state index contributed by atoms with van der Waals surface area (Å²) in [6.07, 6.45) is 29.5. The van der Waals surface area contributed by atoms with Crippen LogP contribution in [0.25, 0.3) is 0 Å². The Hall–Kier alpha value is -0.0800. The van der Waals surface area contributed by atoms with Gasteiger partial charge in [0.1, 0.15) is 0 Å². The summed E-state index contributed by atoms with van der Waals surface area (Å²) in [5, 5.41) is 0. The number of ether oxygens (including phenoxy) is 1. The number of unbranched alkanes of at least 4 members (excludes halogenated alkanes) is 18. The van der Waals surface area contributed by atoms with Crippen molar-refractivity contribution in [3.05, 3.63) is 53.3 Å². The Kier molecular flexibility index (Phi) is 22.0. The third kappa shape index (κ3) is 14.5. The summed E-state index contributed by atoms with van der Waals surface area (Å²) < 4.78 is 11.0. The van der Waals surface area contributed by atoms with Gasteiger partial charge in [-0.1, -0.05) is 129 Å². The molecule has 272 valence electrons. The van der Waals surface area contributed by atoms with Gasteiger partial charge in [0, 0.05) is 37.6 Å². The molecule has 0 aliphatic carbocycles. The quantitative estimate of drug-likeness (QED) is 0.0875. The van der Waals surface area contributed by atoms with Crippen molar-refractivity contribution < 1.29 is 4.74 Å². The molecule has 0 aromatic heterocycles. The van der Waals surface area contributed by atoms with Gasteiger partial charge in [-0.25, -0.2) is 0 Å². The molecule has 0 spiro atoms. The molecule has 2 aromatic rings. The van der Waals surface area contributed by atoms with Gasteiger partial charge < -0.3 is 14.5 Å². The first-order valence-corrected chi connectivity index (χ1v) is 22.7. The molecule has 0 radical (unpaired) electrons. The zero-order valence-corrected chi connectivity index (χ0v) is 36.7. The molecule has 48 heavy (non-hydrogen) atoms. The number of anilines is 2. The molecule has 0 N–H and O–H groups in total. The molecule has 3 rings (SSSR count). The van der Waals surface area contributed by atoms with E-state index in [-0.39, 0.29) is 6.35 Å². The molecule has 0 atom stereocenters. The molecule has 1 heterocycles. The van der Waals surface area contributed by atoms with Crippen LogP contribution < -0.4 is 9.80 Å². The van der Waals surface area contributed by atoms with E-state index in [9.17, 15) is 0 Å². The van der Waals surface area contributed by atoms with Crippen LogP contribution in [0.4, 0.5) is 11.4 Å². The van der Waals surface area contributed by atoms with Crippen molar-refractivity contribution in [2.45, 2.75) is 168 Å². The van der Waals surface area contributed by atoms with Crippen LogP contribution in [-0.4, -0.2) is 26.0 Å². The van der Waals surface area contributed by atoms with E-state index >= 15 is 0 Å². The normalized spacial score (nSPS) is 13.7. The summed E-state index contributed by atoms with van der Waals surface area (Å²) >= 11 is 15.8. The summed E-state index contributed by atoms with van der Waals surface area (Å²) in [4.78, 5) is 4.80. The molecule has 0 bridgehead atoms. The van der Waals surface area contributed by atoms with E-state index in [0.717, 1.165) is 43.8 Å². The predicted octanol–water partition coefficient (Wildman–Crippen LogP) is 15.3. The molecule has 0 saturated carbocycles. The minimum Gasteiger partial charge on any atom is -0.341 e. The number of hydrogen-bond donors (Lipinski definition) is 0. The van der Waals surface area contributed by atoms with E-state index in [1.807, 2.05) is 0 Å². The van der Waals surface area contributed by atoms with Crippen molar-refractivity contribution >= 4 is 75.1 Å². The average Bonchev–Trinajstić information content (AvgIpc) is 3.44. The van der Waals surface area contributed by atoms with Crippen LogP contribution >= 0.6 is 63.7 Å². The second kappa shape index (κ2) is 25.0. The smallest absolute Gasteiger partial charge is 0.210 e. The number of halogens is 4. The van der Waals surface area contributed by atoms with Crippen LogP contribution in [0.3, 0.4) is 0 Å². The van der Waals surface area contributed by atoms with Crippen LogP contribution in [-0.2, 0) is 17.6 Å². The monoisotopic (exact) mass is 916 g/mol. The summed E-state index contributed by atoms with van der Waals surface area (Å²) in [5.74, 6) is 0. The van der Waals surface area contributed by atoms with E-state index in [0.29, 0.717) is 6.61 Å². The maximum atomic E-state index is 6.46. The van der Waals surface area contributed by atoms with E-state index in [2.05, 4.69) is 119 Å². The second-order valence-corrected chi connectivity index (χ2v) is 17.3. The Labute approximate surface area is 328 Å². The molecule has 1 fully saturated rings. The Morgan fingerprint density at radius 2 is 0.771 bits per heavy atom. The van der Waals surface area contributed by atoms with Gasteiger partial charge in [-0.15, -0.1) is 0 Å². The summed E-state index contributed by atoms with van der Waals surface area (Å²) in [7, 11) is 0. The number of hydrogen-bond acceptors (Lipinski definition) is 3. The molecule has 2 aromatic carbocycles. The van der Waals surface area contributed by atoms with Crippen LogP contribution in [0.5, 0.6) is 0 Å². The highest BCUT2D eigenvalue weighted by molar-refractivity contribution is 9.11. The molecule has 1 aliphatic heterocycles. The van der Waals surface area contributed by atoms with Crippen LogP contribution in [0.15, 0.2) is 42.2 Å². The Balaban J connectivity index is 1.53. The molecule has 1 aliphatic rings. The van der Waals surface area contributed by atoms with Crippen molar-refractivity contribution in [2.24, 2.45) is 0 Å². The Bertz CT molecular complexity index is 1040. The highest BCUT2D eigenvalue weighted by Crippen LogP contribution is 2.43. The SMILES string of the molecule is CCCCCCCCCCCCc1cc(Br)c(N2CCN(c3c(Br)cc(CCCCCCCCCCCC)cc3Br)C2OCC)c(Br)c1.